The predicted molar refractivity (Wildman–Crippen MR) is 115 cm³/mol. The number of carbonyl (C=O) groups excluding carboxylic acids is 1. The lowest BCUT2D eigenvalue weighted by Crippen LogP contribution is -2.31. The Labute approximate surface area is 166 Å². The number of carbonyl (C=O) groups is 1. The van der Waals surface area contributed by atoms with Gasteiger partial charge in [-0.1, -0.05) is 39.8 Å². The summed E-state index contributed by atoms with van der Waals surface area (Å²) < 4.78 is 6.15. The highest BCUT2D eigenvalue weighted by atomic mass is 16.5. The molecule has 1 rings (SSSR count). The maximum Gasteiger partial charge on any atom is 0.220 e. The Morgan fingerprint density at radius 1 is 1.15 bits per heavy atom. The van der Waals surface area contributed by atoms with Crippen molar-refractivity contribution < 1.29 is 9.53 Å². The van der Waals surface area contributed by atoms with Crippen molar-refractivity contribution >= 4 is 5.91 Å². The smallest absolute Gasteiger partial charge is 0.220 e. The molecule has 0 atom stereocenters. The number of rotatable bonds is 12. The van der Waals surface area contributed by atoms with Gasteiger partial charge in [0.15, 0.2) is 0 Å². The van der Waals surface area contributed by atoms with E-state index in [1.165, 1.54) is 16.7 Å². The predicted octanol–water partition coefficient (Wildman–Crippen LogP) is 4.23. The SMILES string of the molecule is Cc1cc(CCC(=O)NCCN(C)C)cc(CC(C)C)c1OCCC(C)C. The van der Waals surface area contributed by atoms with Crippen LogP contribution < -0.4 is 10.1 Å². The van der Waals surface area contributed by atoms with E-state index in [1.54, 1.807) is 0 Å². The number of ether oxygens (including phenoxy) is 1. The highest BCUT2D eigenvalue weighted by Gasteiger charge is 2.13. The molecule has 0 spiro atoms. The molecule has 0 fully saturated rings. The molecular weight excluding hydrogens is 336 g/mol. The molecule has 0 aromatic heterocycles. The standard InChI is InChI=1S/C23H40N2O2/c1-17(2)10-13-27-23-19(5)15-20(16-21(23)14-18(3)4)8-9-22(26)24-11-12-25(6)7/h15-18H,8-14H2,1-7H3,(H,24,26). The van der Waals surface area contributed by atoms with Crippen LogP contribution in [0.15, 0.2) is 12.1 Å². The third-order valence-corrected chi connectivity index (χ3v) is 4.50. The number of aryl methyl sites for hydroxylation is 2. The van der Waals surface area contributed by atoms with Crippen LogP contribution in [0.1, 0.15) is 57.2 Å². The van der Waals surface area contributed by atoms with Crippen LogP contribution in [0.2, 0.25) is 0 Å². The molecule has 0 saturated heterocycles. The lowest BCUT2D eigenvalue weighted by atomic mass is 9.95. The van der Waals surface area contributed by atoms with Gasteiger partial charge in [0.25, 0.3) is 0 Å². The molecule has 1 amide bonds. The number of hydrogen-bond donors (Lipinski definition) is 1. The Balaban J connectivity index is 2.74. The quantitative estimate of drug-likeness (QED) is 0.593. The second kappa shape index (κ2) is 12.0. The normalized spacial score (nSPS) is 11.5. The maximum atomic E-state index is 12.1. The first-order chi connectivity index (χ1) is 12.7. The van der Waals surface area contributed by atoms with Gasteiger partial charge < -0.3 is 15.0 Å². The van der Waals surface area contributed by atoms with Crippen molar-refractivity contribution in [2.75, 3.05) is 33.8 Å². The fraction of sp³-hybridized carbons (Fsp3) is 0.696. The van der Waals surface area contributed by atoms with E-state index in [-0.39, 0.29) is 5.91 Å². The summed E-state index contributed by atoms with van der Waals surface area (Å²) in [5.74, 6) is 2.38. The first-order valence-corrected chi connectivity index (χ1v) is 10.4. The van der Waals surface area contributed by atoms with Crippen molar-refractivity contribution in [3.05, 3.63) is 28.8 Å². The highest BCUT2D eigenvalue weighted by Crippen LogP contribution is 2.29. The van der Waals surface area contributed by atoms with E-state index in [1.807, 2.05) is 14.1 Å². The van der Waals surface area contributed by atoms with Gasteiger partial charge in [0, 0.05) is 19.5 Å². The van der Waals surface area contributed by atoms with E-state index in [0.717, 1.165) is 38.2 Å². The third-order valence-electron chi connectivity index (χ3n) is 4.50. The molecule has 154 valence electrons. The van der Waals surface area contributed by atoms with Crippen LogP contribution in [0.4, 0.5) is 0 Å². The monoisotopic (exact) mass is 376 g/mol. The number of nitrogens with zero attached hydrogens (tertiary/aromatic N) is 1. The molecule has 0 heterocycles. The van der Waals surface area contributed by atoms with Crippen LogP contribution in [0, 0.1) is 18.8 Å². The molecule has 0 radical (unpaired) electrons. The average Bonchev–Trinajstić information content (AvgIpc) is 2.54. The molecule has 0 aliphatic carbocycles. The fourth-order valence-electron chi connectivity index (χ4n) is 3.03. The van der Waals surface area contributed by atoms with Crippen molar-refractivity contribution in [2.24, 2.45) is 11.8 Å². The van der Waals surface area contributed by atoms with Gasteiger partial charge in [-0.2, -0.15) is 0 Å². The summed E-state index contributed by atoms with van der Waals surface area (Å²) in [5, 5.41) is 2.99. The summed E-state index contributed by atoms with van der Waals surface area (Å²) in [6, 6.07) is 4.42. The van der Waals surface area contributed by atoms with Crippen LogP contribution >= 0.6 is 0 Å². The van der Waals surface area contributed by atoms with Gasteiger partial charge in [0.05, 0.1) is 6.61 Å². The zero-order chi connectivity index (χ0) is 20.4. The second-order valence-electron chi connectivity index (χ2n) is 8.68. The first kappa shape index (κ1) is 23.5. The third kappa shape index (κ3) is 9.81. The van der Waals surface area contributed by atoms with E-state index in [0.29, 0.717) is 24.8 Å². The van der Waals surface area contributed by atoms with Crippen molar-refractivity contribution in [3.63, 3.8) is 0 Å². The summed E-state index contributed by atoms with van der Waals surface area (Å²) in [6.07, 6.45) is 3.36. The molecule has 1 aromatic rings. The van der Waals surface area contributed by atoms with Crippen LogP contribution in [0.5, 0.6) is 5.75 Å². The lowest BCUT2D eigenvalue weighted by molar-refractivity contribution is -0.121. The molecule has 0 unspecified atom stereocenters. The number of hydrogen-bond acceptors (Lipinski definition) is 3. The zero-order valence-electron chi connectivity index (χ0n) is 18.5. The molecule has 4 nitrogen and oxygen atoms in total. The Morgan fingerprint density at radius 2 is 1.85 bits per heavy atom. The van der Waals surface area contributed by atoms with Crippen LogP contribution in [-0.2, 0) is 17.6 Å². The van der Waals surface area contributed by atoms with Gasteiger partial charge in [-0.15, -0.1) is 0 Å². The summed E-state index contributed by atoms with van der Waals surface area (Å²) >= 11 is 0. The second-order valence-corrected chi connectivity index (χ2v) is 8.68. The molecule has 4 heteroatoms. The highest BCUT2D eigenvalue weighted by molar-refractivity contribution is 5.76. The summed E-state index contributed by atoms with van der Waals surface area (Å²) in [7, 11) is 4.02. The molecule has 0 aliphatic heterocycles. The van der Waals surface area contributed by atoms with Crippen LogP contribution in [-0.4, -0.2) is 44.6 Å². The molecule has 0 aliphatic rings. The van der Waals surface area contributed by atoms with Crippen molar-refractivity contribution in [2.45, 2.75) is 60.3 Å². The summed E-state index contributed by atoms with van der Waals surface area (Å²) in [4.78, 5) is 14.1. The van der Waals surface area contributed by atoms with E-state index in [9.17, 15) is 4.79 Å². The van der Waals surface area contributed by atoms with Crippen molar-refractivity contribution in [1.29, 1.82) is 0 Å². The number of amides is 1. The van der Waals surface area contributed by atoms with E-state index >= 15 is 0 Å². The zero-order valence-corrected chi connectivity index (χ0v) is 18.5. The van der Waals surface area contributed by atoms with E-state index in [2.05, 4.69) is 57.0 Å². The Hall–Kier alpha value is -1.55. The van der Waals surface area contributed by atoms with E-state index in [4.69, 9.17) is 4.74 Å². The minimum atomic E-state index is 0.122. The van der Waals surface area contributed by atoms with Gasteiger partial charge in [-0.3, -0.25) is 4.79 Å². The maximum absolute atomic E-state index is 12.1. The number of likely N-dealkylation sites (N-methyl/N-ethyl adjacent to an activating group) is 1. The topological polar surface area (TPSA) is 41.6 Å². The van der Waals surface area contributed by atoms with Crippen molar-refractivity contribution in [1.82, 2.24) is 10.2 Å². The Kier molecular flexibility index (Phi) is 10.5. The van der Waals surface area contributed by atoms with Crippen molar-refractivity contribution in [3.8, 4) is 5.75 Å². The molecule has 1 N–H and O–H groups in total. The van der Waals surface area contributed by atoms with Crippen LogP contribution in [0.25, 0.3) is 0 Å². The average molecular weight is 377 g/mol. The minimum absolute atomic E-state index is 0.122. The minimum Gasteiger partial charge on any atom is -0.493 e. The summed E-state index contributed by atoms with van der Waals surface area (Å²) in [6.45, 7) is 13.4. The Morgan fingerprint density at radius 3 is 2.44 bits per heavy atom. The van der Waals surface area contributed by atoms with Gasteiger partial charge in [-0.05, 0) is 68.8 Å². The number of benzene rings is 1. The number of nitrogens with one attached hydrogen (secondary N) is 1. The van der Waals surface area contributed by atoms with Gasteiger partial charge in [0.2, 0.25) is 5.91 Å². The fourth-order valence-corrected chi connectivity index (χ4v) is 3.03. The molecule has 0 saturated carbocycles. The lowest BCUT2D eigenvalue weighted by Gasteiger charge is -2.18. The largest absolute Gasteiger partial charge is 0.493 e. The van der Waals surface area contributed by atoms with Crippen LogP contribution in [0.3, 0.4) is 0 Å². The molecule has 27 heavy (non-hydrogen) atoms. The first-order valence-electron chi connectivity index (χ1n) is 10.4. The van der Waals surface area contributed by atoms with Gasteiger partial charge in [0.1, 0.15) is 5.75 Å². The molecule has 1 aromatic carbocycles. The van der Waals surface area contributed by atoms with Gasteiger partial charge in [-0.25, -0.2) is 0 Å². The molecule has 0 bridgehead atoms. The summed E-state index contributed by atoms with van der Waals surface area (Å²) in [5.41, 5.74) is 3.68. The van der Waals surface area contributed by atoms with E-state index < -0.39 is 0 Å². The molecular formula is C23H40N2O2. The van der Waals surface area contributed by atoms with Gasteiger partial charge >= 0.3 is 0 Å². The Bertz CT molecular complexity index is 580.